The molecule has 0 bridgehead atoms. The van der Waals surface area contributed by atoms with Gasteiger partial charge in [0.25, 0.3) is 5.91 Å². The molecule has 0 unspecified atom stereocenters. The fourth-order valence-corrected chi connectivity index (χ4v) is 3.18. The number of benzene rings is 1. The Balaban J connectivity index is 1.60. The van der Waals surface area contributed by atoms with E-state index in [9.17, 15) is 14.4 Å². The van der Waals surface area contributed by atoms with Gasteiger partial charge in [0.1, 0.15) is 0 Å². The molecular weight excluding hydrogens is 364 g/mol. The first-order valence-corrected chi connectivity index (χ1v) is 9.10. The van der Waals surface area contributed by atoms with E-state index in [2.05, 4.69) is 20.6 Å². The molecule has 0 fully saturated rings. The van der Waals surface area contributed by atoms with Gasteiger partial charge < -0.3 is 10.3 Å². The molecule has 3 N–H and O–H groups in total. The molecule has 3 aromatic rings. The molecule has 0 aliphatic rings. The molecule has 138 valence electrons. The summed E-state index contributed by atoms with van der Waals surface area (Å²) in [5.74, 6) is -0.558. The molecule has 0 spiro atoms. The van der Waals surface area contributed by atoms with Crippen LogP contribution in [-0.2, 0) is 11.2 Å². The zero-order valence-electron chi connectivity index (χ0n) is 14.8. The van der Waals surface area contributed by atoms with Crippen molar-refractivity contribution in [1.82, 2.24) is 9.97 Å². The maximum Gasteiger partial charge on any atom is 0.258 e. The third-order valence-electron chi connectivity index (χ3n) is 3.82. The normalized spacial score (nSPS) is 10.4. The van der Waals surface area contributed by atoms with E-state index in [0.29, 0.717) is 16.4 Å². The molecular formula is C19H18N4O3S. The van der Waals surface area contributed by atoms with Crippen molar-refractivity contribution in [2.24, 2.45) is 0 Å². The van der Waals surface area contributed by atoms with Crippen molar-refractivity contribution in [2.45, 2.75) is 20.3 Å². The van der Waals surface area contributed by atoms with Crippen molar-refractivity contribution in [1.29, 1.82) is 0 Å². The first-order chi connectivity index (χ1) is 12.9. The number of hydrogen-bond donors (Lipinski definition) is 3. The van der Waals surface area contributed by atoms with Crippen LogP contribution in [0.25, 0.3) is 0 Å². The lowest BCUT2D eigenvalue weighted by Gasteiger charge is -2.08. The molecule has 2 heterocycles. The zero-order valence-corrected chi connectivity index (χ0v) is 15.6. The van der Waals surface area contributed by atoms with Crippen LogP contribution < -0.4 is 16.2 Å². The topological polar surface area (TPSA) is 104 Å². The molecule has 0 radical (unpaired) electrons. The smallest absolute Gasteiger partial charge is 0.258 e. The number of aromatic nitrogens is 2. The summed E-state index contributed by atoms with van der Waals surface area (Å²) in [6, 6.07) is 8.53. The quantitative estimate of drug-likeness (QED) is 0.631. The first kappa shape index (κ1) is 18.5. The van der Waals surface area contributed by atoms with Gasteiger partial charge >= 0.3 is 0 Å². The van der Waals surface area contributed by atoms with Crippen LogP contribution in [0.5, 0.6) is 0 Å². The van der Waals surface area contributed by atoms with Crippen molar-refractivity contribution < 1.29 is 9.59 Å². The molecule has 2 amide bonds. The van der Waals surface area contributed by atoms with Crippen molar-refractivity contribution in [2.75, 3.05) is 10.6 Å². The Bertz CT molecular complexity index is 1030. The third kappa shape index (κ3) is 4.89. The highest BCUT2D eigenvalue weighted by Crippen LogP contribution is 2.19. The lowest BCUT2D eigenvalue weighted by molar-refractivity contribution is -0.115. The average Bonchev–Trinajstić information content (AvgIpc) is 3.04. The van der Waals surface area contributed by atoms with Gasteiger partial charge in [0.15, 0.2) is 5.13 Å². The van der Waals surface area contributed by atoms with Gasteiger partial charge in [-0.05, 0) is 31.5 Å². The first-order valence-electron chi connectivity index (χ1n) is 8.22. The predicted octanol–water partition coefficient (Wildman–Crippen LogP) is 2.88. The van der Waals surface area contributed by atoms with Gasteiger partial charge in [-0.3, -0.25) is 19.7 Å². The van der Waals surface area contributed by atoms with E-state index < -0.39 is 0 Å². The van der Waals surface area contributed by atoms with Gasteiger partial charge in [-0.25, -0.2) is 4.98 Å². The second-order valence-electron chi connectivity index (χ2n) is 6.08. The van der Waals surface area contributed by atoms with E-state index in [4.69, 9.17) is 0 Å². The maximum absolute atomic E-state index is 12.2. The largest absolute Gasteiger partial charge is 0.328 e. The van der Waals surface area contributed by atoms with E-state index in [1.807, 2.05) is 32.0 Å². The molecule has 0 aliphatic heterocycles. The van der Waals surface area contributed by atoms with Gasteiger partial charge in [-0.15, -0.1) is 11.3 Å². The highest BCUT2D eigenvalue weighted by molar-refractivity contribution is 7.14. The number of rotatable bonds is 5. The van der Waals surface area contributed by atoms with Crippen LogP contribution in [0.2, 0.25) is 0 Å². The van der Waals surface area contributed by atoms with Crippen LogP contribution in [0.1, 0.15) is 27.2 Å². The molecule has 0 saturated heterocycles. The fourth-order valence-electron chi connectivity index (χ4n) is 2.48. The molecule has 27 heavy (non-hydrogen) atoms. The molecule has 0 saturated carbocycles. The van der Waals surface area contributed by atoms with Crippen LogP contribution in [0.4, 0.5) is 10.8 Å². The number of amides is 2. The van der Waals surface area contributed by atoms with E-state index in [1.54, 1.807) is 5.38 Å². The highest BCUT2D eigenvalue weighted by Gasteiger charge is 2.12. The van der Waals surface area contributed by atoms with Crippen molar-refractivity contribution in [3.8, 4) is 0 Å². The summed E-state index contributed by atoms with van der Waals surface area (Å²) in [6.07, 6.45) is 1.45. The summed E-state index contributed by atoms with van der Waals surface area (Å²) in [6.45, 7) is 3.94. The molecule has 0 aliphatic carbocycles. The predicted molar refractivity (Wildman–Crippen MR) is 105 cm³/mol. The summed E-state index contributed by atoms with van der Waals surface area (Å²) in [4.78, 5) is 42.1. The number of hydrogen-bond acceptors (Lipinski definition) is 5. The Morgan fingerprint density at radius 3 is 2.67 bits per heavy atom. The van der Waals surface area contributed by atoms with Gasteiger partial charge in [-0.2, -0.15) is 0 Å². The van der Waals surface area contributed by atoms with Crippen LogP contribution in [0.15, 0.2) is 46.7 Å². The number of nitrogens with one attached hydrogen (secondary N) is 3. The van der Waals surface area contributed by atoms with Gasteiger partial charge in [-0.1, -0.05) is 17.7 Å². The Hall–Kier alpha value is -3.26. The standard InChI is InChI=1S/C19H18N4O3S/c1-11-3-5-15(12(2)7-11)22-17(25)8-14-10-27-19(21-14)23-18(26)13-4-6-16(24)20-9-13/h3-7,9-10H,8H2,1-2H3,(H,20,24)(H,22,25)(H,21,23,26). The van der Waals surface area contributed by atoms with E-state index in [0.717, 1.165) is 16.8 Å². The summed E-state index contributed by atoms with van der Waals surface area (Å²) in [5, 5.41) is 7.64. The van der Waals surface area contributed by atoms with Crippen molar-refractivity contribution >= 4 is 34.0 Å². The lowest BCUT2D eigenvalue weighted by atomic mass is 10.1. The molecule has 2 aromatic heterocycles. The van der Waals surface area contributed by atoms with Gasteiger partial charge in [0.2, 0.25) is 11.5 Å². The summed E-state index contributed by atoms with van der Waals surface area (Å²) >= 11 is 1.23. The number of carbonyl (C=O) groups excluding carboxylic acids is 2. The second kappa shape index (κ2) is 7.96. The molecule has 3 rings (SSSR count). The minimum atomic E-state index is -0.383. The van der Waals surface area contributed by atoms with Crippen molar-refractivity contribution in [3.63, 3.8) is 0 Å². The number of aryl methyl sites for hydroxylation is 2. The molecule has 8 heteroatoms. The number of aromatic amines is 1. The average molecular weight is 382 g/mol. The third-order valence-corrected chi connectivity index (χ3v) is 4.62. The number of anilines is 2. The summed E-state index contributed by atoms with van der Waals surface area (Å²) < 4.78 is 0. The van der Waals surface area contributed by atoms with Gasteiger partial charge in [0.05, 0.1) is 17.7 Å². The summed E-state index contributed by atoms with van der Waals surface area (Å²) in [7, 11) is 0. The SMILES string of the molecule is Cc1ccc(NC(=O)Cc2csc(NC(=O)c3ccc(=O)[nH]c3)n2)c(C)c1. The monoisotopic (exact) mass is 382 g/mol. The Labute approximate surface area is 159 Å². The van der Waals surface area contributed by atoms with Crippen LogP contribution in [-0.4, -0.2) is 21.8 Å². The summed E-state index contributed by atoms with van der Waals surface area (Å²) in [5.41, 5.74) is 3.51. The maximum atomic E-state index is 12.2. The Morgan fingerprint density at radius 2 is 1.96 bits per heavy atom. The molecule has 7 nitrogen and oxygen atoms in total. The fraction of sp³-hybridized carbons (Fsp3) is 0.158. The highest BCUT2D eigenvalue weighted by atomic mass is 32.1. The number of nitrogens with zero attached hydrogens (tertiary/aromatic N) is 1. The Kier molecular flexibility index (Phi) is 5.46. The lowest BCUT2D eigenvalue weighted by Crippen LogP contribution is -2.16. The Morgan fingerprint density at radius 1 is 1.15 bits per heavy atom. The zero-order chi connectivity index (χ0) is 19.4. The number of carbonyl (C=O) groups is 2. The van der Waals surface area contributed by atoms with Gasteiger partial charge in [0, 0.05) is 23.3 Å². The number of pyridine rings is 1. The molecule has 1 aromatic carbocycles. The molecule has 0 atom stereocenters. The van der Waals surface area contributed by atoms with Crippen LogP contribution in [0.3, 0.4) is 0 Å². The number of H-pyrrole nitrogens is 1. The van der Waals surface area contributed by atoms with E-state index >= 15 is 0 Å². The minimum Gasteiger partial charge on any atom is -0.328 e. The minimum absolute atomic E-state index is 0.109. The second-order valence-corrected chi connectivity index (χ2v) is 6.94. The van der Waals surface area contributed by atoms with E-state index in [1.165, 1.54) is 29.7 Å². The van der Waals surface area contributed by atoms with Crippen molar-refractivity contribution in [3.05, 3.63) is 74.6 Å². The van der Waals surface area contributed by atoms with E-state index in [-0.39, 0.29) is 23.8 Å². The van der Waals surface area contributed by atoms with Crippen LogP contribution in [0, 0.1) is 13.8 Å². The van der Waals surface area contributed by atoms with Crippen LogP contribution >= 0.6 is 11.3 Å². The number of thiazole rings is 1.